The molecule has 0 aliphatic carbocycles. The van der Waals surface area contributed by atoms with Crippen LogP contribution in [0.25, 0.3) is 0 Å². The predicted molar refractivity (Wildman–Crippen MR) is 106 cm³/mol. The van der Waals surface area contributed by atoms with Crippen molar-refractivity contribution in [3.8, 4) is 0 Å². The van der Waals surface area contributed by atoms with Crippen LogP contribution in [0.5, 0.6) is 0 Å². The van der Waals surface area contributed by atoms with Gasteiger partial charge in [-0.15, -0.1) is 11.8 Å². The van der Waals surface area contributed by atoms with Crippen LogP contribution in [0.15, 0.2) is 51.8 Å². The Morgan fingerprint density at radius 2 is 1.92 bits per heavy atom. The van der Waals surface area contributed by atoms with Gasteiger partial charge in [-0.1, -0.05) is 15.9 Å². The molecule has 1 aliphatic heterocycles. The van der Waals surface area contributed by atoms with Crippen LogP contribution in [0.2, 0.25) is 0 Å². The summed E-state index contributed by atoms with van der Waals surface area (Å²) in [6.45, 7) is 0.222. The molecule has 2 aromatic carbocycles. The van der Waals surface area contributed by atoms with E-state index >= 15 is 0 Å². The number of nitrogens with one attached hydrogen (secondary N) is 3. The first kappa shape index (κ1) is 18.5. The minimum absolute atomic E-state index is 0.0790. The molecule has 1 aliphatic rings. The minimum Gasteiger partial charge on any atom is -0.352 e. The van der Waals surface area contributed by atoms with Crippen LogP contribution in [-0.4, -0.2) is 30.0 Å². The molecule has 0 spiro atoms. The lowest BCUT2D eigenvalue weighted by molar-refractivity contribution is -0.116. The summed E-state index contributed by atoms with van der Waals surface area (Å²) in [4.78, 5) is 36.5. The summed E-state index contributed by atoms with van der Waals surface area (Å²) < 4.78 is 0.933. The monoisotopic (exact) mass is 433 g/mol. The van der Waals surface area contributed by atoms with Crippen molar-refractivity contribution in [3.63, 3.8) is 0 Å². The van der Waals surface area contributed by atoms with Crippen LogP contribution in [0, 0.1) is 0 Å². The van der Waals surface area contributed by atoms with Crippen molar-refractivity contribution in [3.05, 3.63) is 52.5 Å². The lowest BCUT2D eigenvalue weighted by atomic mass is 10.2. The normalized spacial score (nSPS) is 12.7. The largest absolute Gasteiger partial charge is 0.352 e. The molecule has 8 heteroatoms. The standard InChI is InChI=1S/C18H16BrN3O3S/c19-12-2-4-13(5-3-12)21-16(23)7-8-20-18(25)11-1-6-15-14(9-11)22-17(24)10-26-15/h1-6,9H,7-8,10H2,(H,20,25)(H,21,23)(H,22,24). The molecular weight excluding hydrogens is 418 g/mol. The molecule has 2 aromatic rings. The first-order valence-electron chi connectivity index (χ1n) is 7.91. The van der Waals surface area contributed by atoms with Crippen LogP contribution in [-0.2, 0) is 9.59 Å². The maximum Gasteiger partial charge on any atom is 0.251 e. The second-order valence-electron chi connectivity index (χ2n) is 5.61. The van der Waals surface area contributed by atoms with Gasteiger partial charge in [0.2, 0.25) is 11.8 Å². The molecule has 0 aromatic heterocycles. The Hall–Kier alpha value is -2.32. The molecule has 26 heavy (non-hydrogen) atoms. The van der Waals surface area contributed by atoms with E-state index in [-0.39, 0.29) is 30.7 Å². The molecule has 0 saturated carbocycles. The van der Waals surface area contributed by atoms with Gasteiger partial charge in [-0.05, 0) is 42.5 Å². The summed E-state index contributed by atoms with van der Waals surface area (Å²) in [5.74, 6) is -0.160. The highest BCUT2D eigenvalue weighted by molar-refractivity contribution is 9.10. The second-order valence-corrected chi connectivity index (χ2v) is 7.54. The van der Waals surface area contributed by atoms with Gasteiger partial charge in [0.05, 0.1) is 11.4 Å². The molecular formula is C18H16BrN3O3S. The number of hydrogen-bond donors (Lipinski definition) is 3. The summed E-state index contributed by atoms with van der Waals surface area (Å²) in [5.41, 5.74) is 1.79. The zero-order valence-electron chi connectivity index (χ0n) is 13.7. The van der Waals surface area contributed by atoms with Crippen molar-refractivity contribution in [2.24, 2.45) is 0 Å². The van der Waals surface area contributed by atoms with E-state index in [1.807, 2.05) is 18.2 Å². The summed E-state index contributed by atoms with van der Waals surface area (Å²) in [6.07, 6.45) is 0.166. The van der Waals surface area contributed by atoms with Crippen molar-refractivity contribution < 1.29 is 14.4 Å². The first-order valence-corrected chi connectivity index (χ1v) is 9.69. The molecule has 0 atom stereocenters. The molecule has 0 bridgehead atoms. The Labute approximate surface area is 163 Å². The number of thioether (sulfide) groups is 1. The second kappa shape index (κ2) is 8.37. The number of amides is 3. The van der Waals surface area contributed by atoms with Crippen molar-refractivity contribution in [1.29, 1.82) is 0 Å². The van der Waals surface area contributed by atoms with Crippen molar-refractivity contribution in [2.75, 3.05) is 22.9 Å². The average Bonchev–Trinajstić information content (AvgIpc) is 2.63. The van der Waals surface area contributed by atoms with Gasteiger partial charge in [-0.2, -0.15) is 0 Å². The lowest BCUT2D eigenvalue weighted by Gasteiger charge is -2.16. The van der Waals surface area contributed by atoms with Gasteiger partial charge < -0.3 is 16.0 Å². The highest BCUT2D eigenvalue weighted by Crippen LogP contribution is 2.31. The van der Waals surface area contributed by atoms with E-state index in [0.717, 1.165) is 9.37 Å². The zero-order valence-corrected chi connectivity index (χ0v) is 16.1. The third kappa shape index (κ3) is 4.86. The van der Waals surface area contributed by atoms with Crippen LogP contribution in [0.1, 0.15) is 16.8 Å². The van der Waals surface area contributed by atoms with E-state index in [0.29, 0.717) is 22.7 Å². The molecule has 0 unspecified atom stereocenters. The van der Waals surface area contributed by atoms with Gasteiger partial charge in [-0.3, -0.25) is 14.4 Å². The lowest BCUT2D eigenvalue weighted by Crippen LogP contribution is -2.28. The number of hydrogen-bond acceptors (Lipinski definition) is 4. The summed E-state index contributed by atoms with van der Waals surface area (Å²) in [5, 5.41) is 8.24. The molecule has 0 saturated heterocycles. The number of halogens is 1. The van der Waals surface area contributed by atoms with Crippen molar-refractivity contribution in [1.82, 2.24) is 5.32 Å². The van der Waals surface area contributed by atoms with Crippen molar-refractivity contribution >= 4 is 56.8 Å². The summed E-state index contributed by atoms with van der Waals surface area (Å²) >= 11 is 4.77. The maximum absolute atomic E-state index is 12.2. The van der Waals surface area contributed by atoms with E-state index < -0.39 is 0 Å². The van der Waals surface area contributed by atoms with Gasteiger partial charge >= 0.3 is 0 Å². The molecule has 134 valence electrons. The third-order valence-electron chi connectivity index (χ3n) is 3.64. The number of carbonyl (C=O) groups is 3. The number of rotatable bonds is 5. The number of anilines is 2. The van der Waals surface area contributed by atoms with Crippen molar-refractivity contribution in [2.45, 2.75) is 11.3 Å². The average molecular weight is 434 g/mol. The number of carbonyl (C=O) groups excluding carboxylic acids is 3. The topological polar surface area (TPSA) is 87.3 Å². The molecule has 0 radical (unpaired) electrons. The zero-order chi connectivity index (χ0) is 18.5. The Morgan fingerprint density at radius 3 is 2.69 bits per heavy atom. The Morgan fingerprint density at radius 1 is 1.15 bits per heavy atom. The highest BCUT2D eigenvalue weighted by Gasteiger charge is 2.17. The van der Waals surface area contributed by atoms with Gasteiger partial charge in [0, 0.05) is 33.6 Å². The van der Waals surface area contributed by atoms with Gasteiger partial charge in [0.25, 0.3) is 5.91 Å². The SMILES string of the molecule is O=C(CCNC(=O)c1ccc2c(c1)NC(=O)CS2)Nc1ccc(Br)cc1. The Bertz CT molecular complexity index is 855. The van der Waals surface area contributed by atoms with E-state index in [4.69, 9.17) is 0 Å². The van der Waals surface area contributed by atoms with Gasteiger partial charge in [0.15, 0.2) is 0 Å². The quantitative estimate of drug-likeness (QED) is 0.675. The summed E-state index contributed by atoms with van der Waals surface area (Å²) in [6, 6.07) is 12.4. The van der Waals surface area contributed by atoms with Crippen LogP contribution >= 0.6 is 27.7 Å². The Balaban J connectivity index is 1.49. The molecule has 0 fully saturated rings. The molecule has 3 amide bonds. The Kier molecular flexibility index (Phi) is 5.95. The van der Waals surface area contributed by atoms with Crippen LogP contribution in [0.4, 0.5) is 11.4 Å². The predicted octanol–water partition coefficient (Wildman–Crippen LogP) is 3.25. The third-order valence-corrected chi connectivity index (χ3v) is 5.24. The number of benzene rings is 2. The fourth-order valence-corrected chi connectivity index (χ4v) is 3.43. The maximum atomic E-state index is 12.2. The van der Waals surface area contributed by atoms with Gasteiger partial charge in [-0.25, -0.2) is 0 Å². The van der Waals surface area contributed by atoms with E-state index in [2.05, 4.69) is 31.9 Å². The van der Waals surface area contributed by atoms with E-state index in [9.17, 15) is 14.4 Å². The fourth-order valence-electron chi connectivity index (χ4n) is 2.37. The molecule has 6 nitrogen and oxygen atoms in total. The minimum atomic E-state index is -0.283. The highest BCUT2D eigenvalue weighted by atomic mass is 79.9. The molecule has 1 heterocycles. The molecule has 3 rings (SSSR count). The number of fused-ring (bicyclic) bond motifs is 1. The smallest absolute Gasteiger partial charge is 0.251 e. The van der Waals surface area contributed by atoms with Crippen LogP contribution in [0.3, 0.4) is 0 Å². The van der Waals surface area contributed by atoms with E-state index in [1.54, 1.807) is 24.3 Å². The fraction of sp³-hybridized carbons (Fsp3) is 0.167. The first-order chi connectivity index (χ1) is 12.5. The van der Waals surface area contributed by atoms with Gasteiger partial charge in [0.1, 0.15) is 0 Å². The van der Waals surface area contributed by atoms with E-state index in [1.165, 1.54) is 11.8 Å². The molecule has 3 N–H and O–H groups in total. The van der Waals surface area contributed by atoms with Crippen LogP contribution < -0.4 is 16.0 Å². The summed E-state index contributed by atoms with van der Waals surface area (Å²) in [7, 11) is 0.